The molecule has 1 unspecified atom stereocenters. The molecule has 0 fully saturated rings. The van der Waals surface area contributed by atoms with Gasteiger partial charge >= 0.3 is 0 Å². The predicted octanol–water partition coefficient (Wildman–Crippen LogP) is 4.43. The van der Waals surface area contributed by atoms with Gasteiger partial charge in [0.05, 0.1) is 11.5 Å². The lowest BCUT2D eigenvalue weighted by atomic mass is 9.79. The number of hydrogen-bond acceptors (Lipinski definition) is 2. The van der Waals surface area contributed by atoms with E-state index in [1.54, 1.807) is 0 Å². The Morgan fingerprint density at radius 3 is 2.10 bits per heavy atom. The van der Waals surface area contributed by atoms with Crippen LogP contribution in [0.15, 0.2) is 0 Å². The van der Waals surface area contributed by atoms with Gasteiger partial charge in [-0.05, 0) is 26.7 Å². The summed E-state index contributed by atoms with van der Waals surface area (Å²) in [5.74, 6) is 0.116. The van der Waals surface area contributed by atoms with Crippen molar-refractivity contribution in [3.63, 3.8) is 0 Å². The fraction of sp³-hybridized carbons (Fsp3) is 0.882. The lowest BCUT2D eigenvalue weighted by Crippen LogP contribution is -2.42. The maximum Gasteiger partial charge on any atom is 0.225 e. The zero-order chi connectivity index (χ0) is 15.6. The largest absolute Gasteiger partial charge is 0.354 e. The molecule has 0 radical (unpaired) electrons. The zero-order valence-electron chi connectivity index (χ0n) is 14.0. The average Bonchev–Trinajstić information content (AvgIpc) is 2.43. The molecule has 0 bridgehead atoms. The molecule has 1 atom stereocenters. The van der Waals surface area contributed by atoms with Crippen LogP contribution in [0.3, 0.4) is 0 Å². The summed E-state index contributed by atoms with van der Waals surface area (Å²) < 4.78 is 0. The smallest absolute Gasteiger partial charge is 0.225 e. The molecule has 0 rings (SSSR count). The van der Waals surface area contributed by atoms with Gasteiger partial charge in [-0.1, -0.05) is 52.9 Å². The summed E-state index contributed by atoms with van der Waals surface area (Å²) in [6, 6.07) is 2.23. The predicted molar refractivity (Wildman–Crippen MR) is 84.2 cm³/mol. The first-order chi connectivity index (χ1) is 9.31. The molecule has 3 heteroatoms. The van der Waals surface area contributed by atoms with Crippen LogP contribution in [0.1, 0.15) is 79.6 Å². The minimum Gasteiger partial charge on any atom is -0.354 e. The Bertz CT molecular complexity index is 330. The molecule has 0 heterocycles. The van der Waals surface area contributed by atoms with E-state index in [2.05, 4.69) is 32.2 Å². The van der Waals surface area contributed by atoms with Gasteiger partial charge in [0.2, 0.25) is 5.91 Å². The number of nitrogens with one attached hydrogen (secondary N) is 1. The highest BCUT2D eigenvalue weighted by atomic mass is 16.2. The molecule has 0 saturated carbocycles. The average molecular weight is 280 g/mol. The van der Waals surface area contributed by atoms with Crippen molar-refractivity contribution in [3.05, 3.63) is 0 Å². The molecule has 0 aromatic carbocycles. The molecule has 0 aliphatic carbocycles. The van der Waals surface area contributed by atoms with Crippen molar-refractivity contribution in [3.8, 4) is 6.07 Å². The number of rotatable bonds is 10. The van der Waals surface area contributed by atoms with Crippen molar-refractivity contribution in [2.45, 2.75) is 79.6 Å². The molecule has 0 aliphatic heterocycles. The van der Waals surface area contributed by atoms with E-state index in [-0.39, 0.29) is 11.3 Å². The van der Waals surface area contributed by atoms with Crippen LogP contribution >= 0.6 is 0 Å². The van der Waals surface area contributed by atoms with E-state index in [4.69, 9.17) is 5.26 Å². The first-order valence-electron chi connectivity index (χ1n) is 8.01. The topological polar surface area (TPSA) is 52.9 Å². The van der Waals surface area contributed by atoms with E-state index in [1.807, 2.05) is 13.8 Å². The molecule has 0 spiro atoms. The van der Waals surface area contributed by atoms with Crippen molar-refractivity contribution in [1.29, 1.82) is 5.26 Å². The molecular formula is C17H32N2O. The van der Waals surface area contributed by atoms with Crippen LogP contribution in [0, 0.1) is 22.2 Å². The van der Waals surface area contributed by atoms with Crippen LogP contribution in [-0.4, -0.2) is 12.5 Å². The van der Waals surface area contributed by atoms with Gasteiger partial charge in [-0.15, -0.1) is 0 Å². The lowest BCUT2D eigenvalue weighted by molar-refractivity contribution is -0.131. The van der Waals surface area contributed by atoms with Gasteiger partial charge in [0.1, 0.15) is 0 Å². The van der Waals surface area contributed by atoms with Gasteiger partial charge in [-0.3, -0.25) is 4.79 Å². The van der Waals surface area contributed by atoms with Crippen LogP contribution in [0.2, 0.25) is 0 Å². The second-order valence-corrected chi connectivity index (χ2v) is 6.80. The SMILES string of the molecule is CCCCCC(C)(CCCC)C(=O)NCC(C)(C)C#N. The number of hydrogen-bond donors (Lipinski definition) is 1. The van der Waals surface area contributed by atoms with Crippen molar-refractivity contribution in [2.24, 2.45) is 10.8 Å². The van der Waals surface area contributed by atoms with Crippen LogP contribution in [0.25, 0.3) is 0 Å². The number of carbonyl (C=O) groups excluding carboxylic acids is 1. The second-order valence-electron chi connectivity index (χ2n) is 6.80. The van der Waals surface area contributed by atoms with E-state index < -0.39 is 5.41 Å². The first-order valence-corrected chi connectivity index (χ1v) is 8.01. The summed E-state index contributed by atoms with van der Waals surface area (Å²) in [7, 11) is 0. The normalized spacial score (nSPS) is 14.4. The van der Waals surface area contributed by atoms with Crippen molar-refractivity contribution >= 4 is 5.91 Å². The molecule has 0 aromatic rings. The summed E-state index contributed by atoms with van der Waals surface area (Å²) in [6.45, 7) is 10.5. The highest BCUT2D eigenvalue weighted by molar-refractivity contribution is 5.82. The Morgan fingerprint density at radius 1 is 1.05 bits per heavy atom. The molecule has 116 valence electrons. The summed E-state index contributed by atoms with van der Waals surface area (Å²) >= 11 is 0. The minimum absolute atomic E-state index is 0.116. The van der Waals surface area contributed by atoms with E-state index in [9.17, 15) is 4.79 Å². The summed E-state index contributed by atoms with van der Waals surface area (Å²) in [5, 5.41) is 12.0. The van der Waals surface area contributed by atoms with Crippen LogP contribution in [-0.2, 0) is 4.79 Å². The Kier molecular flexibility index (Phi) is 8.53. The molecular weight excluding hydrogens is 248 g/mol. The third kappa shape index (κ3) is 6.93. The second kappa shape index (κ2) is 9.00. The lowest BCUT2D eigenvalue weighted by Gasteiger charge is -2.30. The van der Waals surface area contributed by atoms with Gasteiger partial charge in [0, 0.05) is 12.0 Å². The van der Waals surface area contributed by atoms with E-state index in [1.165, 1.54) is 12.8 Å². The molecule has 1 amide bonds. The number of amides is 1. The Morgan fingerprint density at radius 2 is 1.60 bits per heavy atom. The van der Waals surface area contributed by atoms with Crippen molar-refractivity contribution < 1.29 is 4.79 Å². The quantitative estimate of drug-likeness (QED) is 0.602. The first kappa shape index (κ1) is 19.0. The van der Waals surface area contributed by atoms with Gasteiger partial charge in [-0.25, -0.2) is 0 Å². The minimum atomic E-state index is -0.495. The monoisotopic (exact) mass is 280 g/mol. The molecule has 0 saturated heterocycles. The third-order valence-corrected chi connectivity index (χ3v) is 3.96. The maximum atomic E-state index is 12.5. The highest BCUT2D eigenvalue weighted by Crippen LogP contribution is 2.31. The van der Waals surface area contributed by atoms with Gasteiger partial charge in [0.15, 0.2) is 0 Å². The molecule has 3 nitrogen and oxygen atoms in total. The molecule has 1 N–H and O–H groups in total. The zero-order valence-corrected chi connectivity index (χ0v) is 14.0. The van der Waals surface area contributed by atoms with Gasteiger partial charge < -0.3 is 5.32 Å². The summed E-state index contributed by atoms with van der Waals surface area (Å²) in [4.78, 5) is 12.5. The van der Waals surface area contributed by atoms with Crippen LogP contribution < -0.4 is 5.32 Å². The fourth-order valence-corrected chi connectivity index (χ4v) is 2.24. The number of nitrogens with zero attached hydrogens (tertiary/aromatic N) is 1. The maximum absolute atomic E-state index is 12.5. The van der Waals surface area contributed by atoms with E-state index in [0.717, 1.165) is 32.1 Å². The number of unbranched alkanes of at least 4 members (excludes halogenated alkanes) is 3. The fourth-order valence-electron chi connectivity index (χ4n) is 2.24. The molecule has 20 heavy (non-hydrogen) atoms. The van der Waals surface area contributed by atoms with Gasteiger partial charge in [0.25, 0.3) is 0 Å². The van der Waals surface area contributed by atoms with E-state index >= 15 is 0 Å². The van der Waals surface area contributed by atoms with Gasteiger partial charge in [-0.2, -0.15) is 5.26 Å². The Labute approximate surface area is 125 Å². The van der Waals surface area contributed by atoms with Crippen LogP contribution in [0.5, 0.6) is 0 Å². The Hall–Kier alpha value is -1.04. The van der Waals surface area contributed by atoms with E-state index in [0.29, 0.717) is 6.54 Å². The summed E-state index contributed by atoms with van der Waals surface area (Å²) in [5.41, 5.74) is -0.776. The standard InChI is InChI=1S/C17H32N2O/c1-6-8-10-12-17(5,11-9-7-2)15(20)19-14-16(3,4)13-18/h6-12,14H2,1-5H3,(H,19,20). The van der Waals surface area contributed by atoms with Crippen LogP contribution in [0.4, 0.5) is 0 Å². The highest BCUT2D eigenvalue weighted by Gasteiger charge is 2.32. The third-order valence-electron chi connectivity index (χ3n) is 3.96. The Balaban J connectivity index is 4.59. The molecule has 0 aromatic heterocycles. The van der Waals surface area contributed by atoms with Crippen molar-refractivity contribution in [1.82, 2.24) is 5.32 Å². The number of nitriles is 1. The van der Waals surface area contributed by atoms with Crippen molar-refractivity contribution in [2.75, 3.05) is 6.54 Å². The molecule has 0 aliphatic rings. The number of carbonyl (C=O) groups is 1. The summed E-state index contributed by atoms with van der Waals surface area (Å²) in [6.07, 6.45) is 7.53.